The molecule has 202 valence electrons. The van der Waals surface area contributed by atoms with E-state index < -0.39 is 11.0 Å². The molecule has 6 aliphatic rings. The van der Waals surface area contributed by atoms with Gasteiger partial charge in [-0.25, -0.2) is 0 Å². The van der Waals surface area contributed by atoms with Crippen LogP contribution in [-0.4, -0.2) is 22.6 Å². The van der Waals surface area contributed by atoms with Crippen LogP contribution in [0.2, 0.25) is 0 Å². The highest BCUT2D eigenvalue weighted by Crippen LogP contribution is 2.76. The molecule has 8 unspecified atom stereocenters. The Labute approximate surface area is 223 Å². The minimum Gasteiger partial charge on any atom is -0.511 e. The van der Waals surface area contributed by atoms with E-state index in [1.165, 1.54) is 18.4 Å². The lowest BCUT2D eigenvalue weighted by atomic mass is 9.37. The third-order valence-corrected chi connectivity index (χ3v) is 13.0. The number of nitrogens with zero attached hydrogens (tertiary/aromatic N) is 1. The van der Waals surface area contributed by atoms with Crippen LogP contribution in [0.25, 0.3) is 0 Å². The highest BCUT2D eigenvalue weighted by atomic mass is 16.5. The highest BCUT2D eigenvalue weighted by Gasteiger charge is 2.77. The van der Waals surface area contributed by atoms with Gasteiger partial charge in [0.25, 0.3) is 0 Å². The van der Waals surface area contributed by atoms with Gasteiger partial charge in [0.1, 0.15) is 11.4 Å². The zero-order valence-electron chi connectivity index (χ0n) is 24.3. The number of fused-ring (bicyclic) bond motifs is 4. The lowest BCUT2D eigenvalue weighted by Crippen LogP contribution is -2.66. The first-order valence-electron chi connectivity index (χ1n) is 14.9. The summed E-state index contributed by atoms with van der Waals surface area (Å²) in [6.45, 7) is 18.2. The van der Waals surface area contributed by atoms with Crippen molar-refractivity contribution in [3.8, 4) is 6.07 Å². The second-order valence-electron chi connectivity index (χ2n) is 16.0. The molecule has 4 fully saturated rings. The van der Waals surface area contributed by atoms with Crippen LogP contribution in [0.5, 0.6) is 0 Å². The molecule has 3 saturated carbocycles. The first kappa shape index (κ1) is 25.7. The van der Waals surface area contributed by atoms with E-state index in [1.54, 1.807) is 0 Å². The van der Waals surface area contributed by atoms with E-state index in [4.69, 9.17) is 4.74 Å². The van der Waals surface area contributed by atoms with Crippen LogP contribution < -0.4 is 0 Å². The average Bonchev–Trinajstić information content (AvgIpc) is 2.98. The van der Waals surface area contributed by atoms with Gasteiger partial charge in [-0.05, 0) is 85.5 Å². The minimum atomic E-state index is -0.716. The van der Waals surface area contributed by atoms with Crippen LogP contribution in [0, 0.1) is 62.1 Å². The van der Waals surface area contributed by atoms with Crippen molar-refractivity contribution in [1.29, 1.82) is 5.26 Å². The van der Waals surface area contributed by atoms with Crippen LogP contribution in [0.1, 0.15) is 107 Å². The zero-order valence-corrected chi connectivity index (χ0v) is 24.3. The van der Waals surface area contributed by atoms with Gasteiger partial charge in [0, 0.05) is 22.7 Å². The molecule has 0 aromatic carbocycles. The summed E-state index contributed by atoms with van der Waals surface area (Å²) in [6.07, 6.45) is 10.4. The van der Waals surface area contributed by atoms with E-state index in [2.05, 4.69) is 61.5 Å². The molecule has 0 radical (unpaired) electrons. The summed E-state index contributed by atoms with van der Waals surface area (Å²) in [5.41, 5.74) is 0.425. The largest absolute Gasteiger partial charge is 0.511 e. The lowest BCUT2D eigenvalue weighted by Gasteiger charge is -2.66. The Morgan fingerprint density at radius 2 is 1.65 bits per heavy atom. The molecular formula is C33H47NO3. The molecule has 0 amide bonds. The number of aliphatic hydroxyl groups is 1. The third kappa shape index (κ3) is 2.86. The zero-order chi connectivity index (χ0) is 27.0. The summed E-state index contributed by atoms with van der Waals surface area (Å²) < 4.78 is 7.27. The molecule has 0 aromatic heterocycles. The number of hydrogen-bond acceptors (Lipinski definition) is 4. The second-order valence-corrected chi connectivity index (χ2v) is 16.0. The minimum absolute atomic E-state index is 0.119. The maximum atomic E-state index is 14.7. The molecule has 1 aliphatic heterocycles. The number of rotatable bonds is 1. The standard InChI is InChI=1S/C33H47NO3/c1-19(2)27-32-12-10-22-30(7)11-9-21-29(5,6)26(36)20(18-34)16-31(21,8)23(30)15-25(35)33(22,37-27)24(32)17-28(3,4)13-14-32/h15,19,21-22,24,27,36H,9-14,16-17H2,1-8H3. The van der Waals surface area contributed by atoms with Gasteiger partial charge in [-0.15, -0.1) is 0 Å². The molecule has 37 heavy (non-hydrogen) atoms. The van der Waals surface area contributed by atoms with Gasteiger partial charge in [0.05, 0.1) is 17.7 Å². The number of ether oxygens (including phenoxy) is 1. The SMILES string of the molecule is CC(C)C1OC23C(=O)C=C4C5(C)CC(C#N)=C(O)C(C)(C)C5CCC4(C)C2CCC12CCC(C)(C)CC23. The van der Waals surface area contributed by atoms with Gasteiger partial charge in [0.15, 0.2) is 5.78 Å². The molecule has 1 saturated heterocycles. The molecule has 2 bridgehead atoms. The Morgan fingerprint density at radius 3 is 2.30 bits per heavy atom. The van der Waals surface area contributed by atoms with Crippen molar-refractivity contribution < 1.29 is 14.6 Å². The first-order chi connectivity index (χ1) is 17.1. The quantitative estimate of drug-likeness (QED) is 0.396. The number of hydrogen-bond donors (Lipinski definition) is 1. The van der Waals surface area contributed by atoms with Gasteiger partial charge in [-0.2, -0.15) is 5.26 Å². The van der Waals surface area contributed by atoms with Crippen LogP contribution in [0.4, 0.5) is 0 Å². The summed E-state index contributed by atoms with van der Waals surface area (Å²) in [6, 6.07) is 2.32. The third-order valence-electron chi connectivity index (χ3n) is 13.0. The summed E-state index contributed by atoms with van der Waals surface area (Å²) in [5.74, 6) is 1.51. The Morgan fingerprint density at radius 1 is 0.973 bits per heavy atom. The van der Waals surface area contributed by atoms with Crippen molar-refractivity contribution in [2.45, 2.75) is 118 Å². The number of aliphatic hydroxyl groups excluding tert-OH is 1. The maximum Gasteiger partial charge on any atom is 0.188 e. The molecule has 8 atom stereocenters. The van der Waals surface area contributed by atoms with Crippen molar-refractivity contribution in [2.75, 3.05) is 0 Å². The van der Waals surface area contributed by atoms with E-state index in [-0.39, 0.29) is 57.1 Å². The fourth-order valence-electron chi connectivity index (χ4n) is 11.5. The van der Waals surface area contributed by atoms with Crippen LogP contribution in [0.3, 0.4) is 0 Å². The van der Waals surface area contributed by atoms with E-state index in [1.807, 2.05) is 6.08 Å². The summed E-state index contributed by atoms with van der Waals surface area (Å²) >= 11 is 0. The van der Waals surface area contributed by atoms with E-state index in [0.29, 0.717) is 17.9 Å². The average molecular weight is 506 g/mol. The maximum absolute atomic E-state index is 14.7. The summed E-state index contributed by atoms with van der Waals surface area (Å²) in [4.78, 5) is 14.7. The van der Waals surface area contributed by atoms with Crippen LogP contribution in [0.15, 0.2) is 23.0 Å². The number of carbonyl (C=O) groups excluding carboxylic acids is 1. The fraction of sp³-hybridized carbons (Fsp3) is 0.818. The number of allylic oxidation sites excluding steroid dienone is 3. The number of carbonyl (C=O) groups is 1. The first-order valence-corrected chi connectivity index (χ1v) is 14.9. The van der Waals surface area contributed by atoms with E-state index in [0.717, 1.165) is 32.1 Å². The van der Waals surface area contributed by atoms with Gasteiger partial charge in [-0.3, -0.25) is 4.79 Å². The van der Waals surface area contributed by atoms with Crippen molar-refractivity contribution in [3.63, 3.8) is 0 Å². The van der Waals surface area contributed by atoms with Gasteiger partial charge in [-0.1, -0.05) is 61.0 Å². The Balaban J connectivity index is 1.54. The summed E-state index contributed by atoms with van der Waals surface area (Å²) in [7, 11) is 0. The normalized spacial score (nSPS) is 49.4. The van der Waals surface area contributed by atoms with Gasteiger partial charge in [0.2, 0.25) is 0 Å². The predicted molar refractivity (Wildman–Crippen MR) is 144 cm³/mol. The van der Waals surface area contributed by atoms with Crippen LogP contribution >= 0.6 is 0 Å². The molecular weight excluding hydrogens is 458 g/mol. The monoisotopic (exact) mass is 505 g/mol. The molecule has 6 rings (SSSR count). The second kappa shape index (κ2) is 7.32. The highest BCUT2D eigenvalue weighted by molar-refractivity contribution is 6.00. The van der Waals surface area contributed by atoms with Gasteiger partial charge < -0.3 is 9.84 Å². The molecule has 1 spiro atoms. The van der Waals surface area contributed by atoms with Crippen LogP contribution in [-0.2, 0) is 9.53 Å². The van der Waals surface area contributed by atoms with E-state index >= 15 is 0 Å². The Hall–Kier alpha value is -1.60. The predicted octanol–water partition coefficient (Wildman–Crippen LogP) is 7.70. The number of ketones is 1. The van der Waals surface area contributed by atoms with Crippen molar-refractivity contribution in [3.05, 3.63) is 23.0 Å². The smallest absolute Gasteiger partial charge is 0.188 e. The topological polar surface area (TPSA) is 70.3 Å². The summed E-state index contributed by atoms with van der Waals surface area (Å²) in [5, 5.41) is 21.0. The van der Waals surface area contributed by atoms with Gasteiger partial charge >= 0.3 is 0 Å². The molecule has 4 nitrogen and oxygen atoms in total. The number of nitriles is 1. The Bertz CT molecular complexity index is 1170. The van der Waals surface area contributed by atoms with Crippen molar-refractivity contribution in [1.82, 2.24) is 0 Å². The fourth-order valence-corrected chi connectivity index (χ4v) is 11.5. The molecule has 1 heterocycles. The molecule has 4 heteroatoms. The van der Waals surface area contributed by atoms with Crippen molar-refractivity contribution >= 4 is 5.78 Å². The molecule has 0 aromatic rings. The molecule has 1 N–H and O–H groups in total. The lowest BCUT2D eigenvalue weighted by molar-refractivity contribution is -0.178. The van der Waals surface area contributed by atoms with Crippen molar-refractivity contribution in [2.24, 2.45) is 50.7 Å². The Kier molecular flexibility index (Phi) is 5.08. The van der Waals surface area contributed by atoms with E-state index in [9.17, 15) is 15.2 Å². The molecule has 5 aliphatic carbocycles.